The van der Waals surface area contributed by atoms with Crippen molar-refractivity contribution in [3.63, 3.8) is 0 Å². The number of rotatable bonds is 1. The van der Waals surface area contributed by atoms with Crippen LogP contribution in [0.3, 0.4) is 0 Å². The summed E-state index contributed by atoms with van der Waals surface area (Å²) in [6.07, 6.45) is 2.86. The smallest absolute Gasteiger partial charge is 0.123 e. The first kappa shape index (κ1) is 8.05. The fraction of sp³-hybridized carbons (Fsp3) is 0.182. The molecule has 2 rings (SSSR count). The van der Waals surface area contributed by atoms with Gasteiger partial charge in [-0.3, -0.25) is 0 Å². The average molecular weight is 172 g/mol. The van der Waals surface area contributed by atoms with E-state index < -0.39 is 0 Å². The summed E-state index contributed by atoms with van der Waals surface area (Å²) in [4.78, 5) is 4.04. The summed E-state index contributed by atoms with van der Waals surface area (Å²) in [6, 6.07) is 8.28. The van der Waals surface area contributed by atoms with Crippen molar-refractivity contribution in [2.24, 2.45) is 0 Å². The number of aryl methyl sites for hydroxylation is 1. The van der Waals surface area contributed by atoms with Crippen molar-refractivity contribution >= 4 is 16.6 Å². The molecule has 0 atom stereocenters. The maximum Gasteiger partial charge on any atom is 0.123 e. The number of nitrogen functional groups attached to an aromatic ring is 1. The first-order valence-corrected chi connectivity index (χ1v) is 4.44. The summed E-state index contributed by atoms with van der Waals surface area (Å²) in [6.45, 7) is 2.14. The molecule has 2 aromatic rings. The lowest BCUT2D eigenvalue weighted by Crippen LogP contribution is -1.89. The van der Waals surface area contributed by atoms with E-state index in [1.165, 1.54) is 10.9 Å². The molecule has 0 aliphatic carbocycles. The third kappa shape index (κ3) is 1.47. The maximum atomic E-state index is 5.60. The van der Waals surface area contributed by atoms with E-state index in [2.05, 4.69) is 30.1 Å². The van der Waals surface area contributed by atoms with Crippen molar-refractivity contribution in [2.75, 3.05) is 5.73 Å². The van der Waals surface area contributed by atoms with E-state index in [1.54, 1.807) is 0 Å². The van der Waals surface area contributed by atoms with Crippen LogP contribution in [0.1, 0.15) is 12.5 Å². The van der Waals surface area contributed by atoms with Gasteiger partial charge in [-0.2, -0.15) is 0 Å². The van der Waals surface area contributed by atoms with Gasteiger partial charge in [0.25, 0.3) is 0 Å². The fourth-order valence-corrected chi connectivity index (χ4v) is 1.43. The third-order valence-electron chi connectivity index (χ3n) is 2.22. The quantitative estimate of drug-likeness (QED) is 0.717. The first-order chi connectivity index (χ1) is 6.29. The Morgan fingerprint density at radius 3 is 2.85 bits per heavy atom. The Labute approximate surface area is 77.4 Å². The predicted molar refractivity (Wildman–Crippen MR) is 55.5 cm³/mol. The zero-order chi connectivity index (χ0) is 9.26. The number of fused-ring (bicyclic) bond motifs is 1. The molecule has 66 valence electrons. The number of nitrogens with zero attached hydrogens (tertiary/aromatic N) is 1. The highest BCUT2D eigenvalue weighted by atomic mass is 14.8. The molecule has 2 heteroatoms. The van der Waals surface area contributed by atoms with Gasteiger partial charge < -0.3 is 5.73 Å². The van der Waals surface area contributed by atoms with Crippen LogP contribution in [-0.4, -0.2) is 4.98 Å². The predicted octanol–water partition coefficient (Wildman–Crippen LogP) is 2.38. The highest BCUT2D eigenvalue weighted by Crippen LogP contribution is 2.17. The molecule has 0 spiro atoms. The minimum atomic E-state index is 0.584. The standard InChI is InChI=1S/C11H12N2/c1-2-8-3-4-9-7-13-11(12)6-10(9)5-8/h3-7H,2H2,1H3,(H2,12,13). The normalized spacial score (nSPS) is 10.5. The van der Waals surface area contributed by atoms with Gasteiger partial charge in [-0.05, 0) is 23.4 Å². The number of benzene rings is 1. The van der Waals surface area contributed by atoms with Crippen molar-refractivity contribution in [1.29, 1.82) is 0 Å². The summed E-state index contributed by atoms with van der Waals surface area (Å²) in [5, 5.41) is 2.32. The van der Waals surface area contributed by atoms with Gasteiger partial charge in [0.1, 0.15) is 5.82 Å². The Morgan fingerprint density at radius 2 is 2.08 bits per heavy atom. The first-order valence-electron chi connectivity index (χ1n) is 4.44. The van der Waals surface area contributed by atoms with Gasteiger partial charge in [0.05, 0.1) is 0 Å². The van der Waals surface area contributed by atoms with Crippen LogP contribution in [0.5, 0.6) is 0 Å². The van der Waals surface area contributed by atoms with Crippen LogP contribution in [0.25, 0.3) is 10.8 Å². The number of pyridine rings is 1. The highest BCUT2D eigenvalue weighted by Gasteiger charge is 1.95. The fourth-order valence-electron chi connectivity index (χ4n) is 1.43. The van der Waals surface area contributed by atoms with E-state index in [0.717, 1.165) is 11.8 Å². The van der Waals surface area contributed by atoms with Crippen molar-refractivity contribution in [3.05, 3.63) is 36.0 Å². The number of hydrogen-bond acceptors (Lipinski definition) is 2. The SMILES string of the molecule is CCc1ccc2cnc(N)cc2c1. The molecule has 0 amide bonds. The Kier molecular flexibility index (Phi) is 1.89. The Morgan fingerprint density at radius 1 is 1.23 bits per heavy atom. The van der Waals surface area contributed by atoms with E-state index in [0.29, 0.717) is 5.82 Å². The maximum absolute atomic E-state index is 5.60. The molecular weight excluding hydrogens is 160 g/mol. The lowest BCUT2D eigenvalue weighted by atomic mass is 10.1. The number of anilines is 1. The van der Waals surface area contributed by atoms with Crippen LogP contribution in [0, 0.1) is 0 Å². The highest BCUT2D eigenvalue weighted by molar-refractivity contribution is 5.84. The van der Waals surface area contributed by atoms with E-state index >= 15 is 0 Å². The van der Waals surface area contributed by atoms with E-state index in [9.17, 15) is 0 Å². The molecule has 0 fully saturated rings. The molecule has 0 aliphatic rings. The van der Waals surface area contributed by atoms with Crippen LogP contribution in [0.2, 0.25) is 0 Å². The summed E-state index contributed by atoms with van der Waals surface area (Å²) in [7, 11) is 0. The zero-order valence-electron chi connectivity index (χ0n) is 7.62. The van der Waals surface area contributed by atoms with E-state index in [-0.39, 0.29) is 0 Å². The van der Waals surface area contributed by atoms with Gasteiger partial charge in [0.2, 0.25) is 0 Å². The van der Waals surface area contributed by atoms with Crippen LogP contribution < -0.4 is 5.73 Å². The van der Waals surface area contributed by atoms with Crippen molar-refractivity contribution in [3.8, 4) is 0 Å². The van der Waals surface area contributed by atoms with Gasteiger partial charge in [-0.25, -0.2) is 4.98 Å². The molecule has 0 saturated heterocycles. The van der Waals surface area contributed by atoms with Crippen LogP contribution in [0.4, 0.5) is 5.82 Å². The molecule has 0 aliphatic heterocycles. The van der Waals surface area contributed by atoms with Gasteiger partial charge in [-0.15, -0.1) is 0 Å². The third-order valence-corrected chi connectivity index (χ3v) is 2.22. The van der Waals surface area contributed by atoms with E-state index in [4.69, 9.17) is 5.73 Å². The van der Waals surface area contributed by atoms with E-state index in [1.807, 2.05) is 12.3 Å². The zero-order valence-corrected chi connectivity index (χ0v) is 7.62. The second-order valence-electron chi connectivity index (χ2n) is 3.14. The Hall–Kier alpha value is -1.57. The van der Waals surface area contributed by atoms with Crippen molar-refractivity contribution in [2.45, 2.75) is 13.3 Å². The van der Waals surface area contributed by atoms with Gasteiger partial charge in [0, 0.05) is 11.6 Å². The summed E-state index contributed by atoms with van der Waals surface area (Å²) in [5.41, 5.74) is 6.94. The molecule has 1 aromatic carbocycles. The molecule has 0 bridgehead atoms. The number of nitrogens with two attached hydrogens (primary N) is 1. The van der Waals surface area contributed by atoms with Crippen molar-refractivity contribution < 1.29 is 0 Å². The summed E-state index contributed by atoms with van der Waals surface area (Å²) >= 11 is 0. The molecule has 1 aromatic heterocycles. The summed E-state index contributed by atoms with van der Waals surface area (Å²) < 4.78 is 0. The van der Waals surface area contributed by atoms with Crippen LogP contribution >= 0.6 is 0 Å². The molecule has 13 heavy (non-hydrogen) atoms. The average Bonchev–Trinajstić information content (AvgIpc) is 2.16. The van der Waals surface area contributed by atoms with Gasteiger partial charge >= 0.3 is 0 Å². The minimum absolute atomic E-state index is 0.584. The second kappa shape index (κ2) is 3.05. The molecule has 2 nitrogen and oxygen atoms in total. The minimum Gasteiger partial charge on any atom is -0.384 e. The molecule has 0 radical (unpaired) electrons. The monoisotopic (exact) mass is 172 g/mol. The Balaban J connectivity index is 2.68. The Bertz CT molecular complexity index is 435. The van der Waals surface area contributed by atoms with Crippen LogP contribution in [-0.2, 0) is 6.42 Å². The number of aromatic nitrogens is 1. The van der Waals surface area contributed by atoms with Gasteiger partial charge in [-0.1, -0.05) is 25.1 Å². The summed E-state index contributed by atoms with van der Waals surface area (Å²) in [5.74, 6) is 0.584. The molecular formula is C11H12N2. The molecule has 0 unspecified atom stereocenters. The molecule has 2 N–H and O–H groups in total. The van der Waals surface area contributed by atoms with Gasteiger partial charge in [0.15, 0.2) is 0 Å². The topological polar surface area (TPSA) is 38.9 Å². The largest absolute Gasteiger partial charge is 0.384 e. The molecule has 0 saturated carbocycles. The van der Waals surface area contributed by atoms with Crippen LogP contribution in [0.15, 0.2) is 30.5 Å². The lowest BCUT2D eigenvalue weighted by Gasteiger charge is -2.01. The lowest BCUT2D eigenvalue weighted by molar-refractivity contribution is 1.15. The molecule has 1 heterocycles. The van der Waals surface area contributed by atoms with Crippen molar-refractivity contribution in [1.82, 2.24) is 4.98 Å². The second-order valence-corrected chi connectivity index (χ2v) is 3.14. The number of hydrogen-bond donors (Lipinski definition) is 1.